The predicted molar refractivity (Wildman–Crippen MR) is 77.2 cm³/mol. The second-order valence-electron chi connectivity index (χ2n) is 4.08. The maximum Gasteiger partial charge on any atom is 0.306 e. The standard InChI is InChI=1S/C13H15ClN2O4S/c1-3-16(7-6-13(17)20-2)21(18,19)12-8-11(14)5-4-10(12)9-15/h4-5,8H,3,6-7H2,1-2H3. The highest BCUT2D eigenvalue weighted by Crippen LogP contribution is 2.23. The van der Waals surface area contributed by atoms with Crippen molar-refractivity contribution in [2.24, 2.45) is 0 Å². The molecule has 0 aliphatic carbocycles. The lowest BCUT2D eigenvalue weighted by Gasteiger charge is -2.20. The van der Waals surface area contributed by atoms with E-state index < -0.39 is 16.0 Å². The van der Waals surface area contributed by atoms with Crippen LogP contribution in [0.1, 0.15) is 18.9 Å². The zero-order valence-corrected chi connectivity index (χ0v) is 13.2. The lowest BCUT2D eigenvalue weighted by atomic mass is 10.2. The van der Waals surface area contributed by atoms with Crippen LogP contribution < -0.4 is 0 Å². The van der Waals surface area contributed by atoms with Crippen molar-refractivity contribution in [3.8, 4) is 6.07 Å². The fourth-order valence-corrected chi connectivity index (χ4v) is 3.56. The smallest absolute Gasteiger partial charge is 0.306 e. The molecule has 0 aromatic heterocycles. The van der Waals surface area contributed by atoms with Gasteiger partial charge in [-0.2, -0.15) is 9.57 Å². The van der Waals surface area contributed by atoms with Crippen molar-refractivity contribution in [3.63, 3.8) is 0 Å². The average molecular weight is 331 g/mol. The molecule has 0 N–H and O–H groups in total. The summed E-state index contributed by atoms with van der Waals surface area (Å²) in [6.45, 7) is 1.78. The van der Waals surface area contributed by atoms with Gasteiger partial charge in [-0.25, -0.2) is 8.42 Å². The summed E-state index contributed by atoms with van der Waals surface area (Å²) in [4.78, 5) is 11.0. The summed E-state index contributed by atoms with van der Waals surface area (Å²) in [7, 11) is -2.67. The molecule has 21 heavy (non-hydrogen) atoms. The lowest BCUT2D eigenvalue weighted by molar-refractivity contribution is -0.140. The summed E-state index contributed by atoms with van der Waals surface area (Å²) in [5, 5.41) is 9.25. The fourth-order valence-electron chi connectivity index (χ4n) is 1.71. The van der Waals surface area contributed by atoms with Crippen molar-refractivity contribution in [3.05, 3.63) is 28.8 Å². The number of rotatable bonds is 6. The molecule has 1 rings (SSSR count). The van der Waals surface area contributed by atoms with Crippen LogP contribution in [-0.4, -0.2) is 38.9 Å². The number of sulfonamides is 1. The second kappa shape index (κ2) is 7.41. The molecule has 114 valence electrons. The Morgan fingerprint density at radius 3 is 2.67 bits per heavy atom. The van der Waals surface area contributed by atoms with Gasteiger partial charge in [-0.3, -0.25) is 4.79 Å². The number of benzene rings is 1. The molecular formula is C13H15ClN2O4S. The number of carbonyl (C=O) groups excluding carboxylic acids is 1. The fraction of sp³-hybridized carbons (Fsp3) is 0.385. The molecular weight excluding hydrogens is 316 g/mol. The highest BCUT2D eigenvalue weighted by Gasteiger charge is 2.26. The number of hydrogen-bond donors (Lipinski definition) is 0. The molecule has 0 atom stereocenters. The molecule has 0 aliphatic rings. The minimum Gasteiger partial charge on any atom is -0.469 e. The van der Waals surface area contributed by atoms with E-state index in [1.165, 1.54) is 25.3 Å². The number of hydrogen-bond acceptors (Lipinski definition) is 5. The molecule has 1 aromatic rings. The molecule has 0 heterocycles. The third kappa shape index (κ3) is 4.17. The van der Waals surface area contributed by atoms with Crippen LogP contribution >= 0.6 is 11.6 Å². The number of methoxy groups -OCH3 is 1. The summed E-state index contributed by atoms with van der Waals surface area (Å²) in [5.74, 6) is -0.504. The van der Waals surface area contributed by atoms with Crippen LogP contribution in [-0.2, 0) is 19.6 Å². The number of nitrogens with zero attached hydrogens (tertiary/aromatic N) is 2. The quantitative estimate of drug-likeness (QED) is 0.742. The first kappa shape index (κ1) is 17.4. The van der Waals surface area contributed by atoms with Crippen molar-refractivity contribution in [1.29, 1.82) is 5.26 Å². The molecule has 6 nitrogen and oxygen atoms in total. The number of carbonyl (C=O) groups is 1. The highest BCUT2D eigenvalue weighted by atomic mass is 35.5. The van der Waals surface area contributed by atoms with Gasteiger partial charge < -0.3 is 4.74 Å². The Morgan fingerprint density at radius 1 is 1.48 bits per heavy atom. The Hall–Kier alpha value is -1.62. The van der Waals surface area contributed by atoms with Crippen LogP contribution in [0.5, 0.6) is 0 Å². The van der Waals surface area contributed by atoms with Crippen LogP contribution in [0.2, 0.25) is 5.02 Å². The van der Waals surface area contributed by atoms with E-state index in [1.807, 2.05) is 6.07 Å². The monoisotopic (exact) mass is 330 g/mol. The first-order chi connectivity index (χ1) is 9.86. The van der Waals surface area contributed by atoms with E-state index in [0.29, 0.717) is 0 Å². The Labute approximate surface area is 128 Å². The van der Waals surface area contributed by atoms with Gasteiger partial charge in [0, 0.05) is 18.1 Å². The minimum absolute atomic E-state index is 0.0101. The zero-order valence-electron chi connectivity index (χ0n) is 11.7. The van der Waals surface area contributed by atoms with Gasteiger partial charge >= 0.3 is 5.97 Å². The van der Waals surface area contributed by atoms with Gasteiger partial charge in [0.2, 0.25) is 10.0 Å². The number of ether oxygens (including phenoxy) is 1. The van der Waals surface area contributed by atoms with Gasteiger partial charge in [-0.05, 0) is 18.2 Å². The lowest BCUT2D eigenvalue weighted by Crippen LogP contribution is -2.33. The number of esters is 1. The summed E-state index contributed by atoms with van der Waals surface area (Å²) >= 11 is 5.81. The van der Waals surface area contributed by atoms with Crippen molar-refractivity contribution in [2.45, 2.75) is 18.2 Å². The molecule has 0 bridgehead atoms. The van der Waals surface area contributed by atoms with Crippen LogP contribution in [0.4, 0.5) is 0 Å². The molecule has 0 fully saturated rings. The SMILES string of the molecule is CCN(CCC(=O)OC)S(=O)(=O)c1cc(Cl)ccc1C#N. The maximum atomic E-state index is 12.6. The summed E-state index contributed by atoms with van der Waals surface area (Å²) in [5.41, 5.74) is 0.0101. The van der Waals surface area contributed by atoms with Gasteiger partial charge in [0.05, 0.1) is 19.1 Å². The molecule has 0 radical (unpaired) electrons. The number of nitriles is 1. The highest BCUT2D eigenvalue weighted by molar-refractivity contribution is 7.89. The van der Waals surface area contributed by atoms with Gasteiger partial charge in [0.15, 0.2) is 0 Å². The summed E-state index contributed by atoms with van der Waals surface area (Å²) in [6, 6.07) is 5.86. The minimum atomic E-state index is -3.90. The third-order valence-electron chi connectivity index (χ3n) is 2.83. The Morgan fingerprint density at radius 2 is 2.14 bits per heavy atom. The van der Waals surface area contributed by atoms with E-state index in [1.54, 1.807) is 6.92 Å². The van der Waals surface area contributed by atoms with E-state index in [4.69, 9.17) is 16.9 Å². The average Bonchev–Trinajstić information content (AvgIpc) is 2.47. The first-order valence-electron chi connectivity index (χ1n) is 6.13. The topological polar surface area (TPSA) is 87.5 Å². The van der Waals surface area contributed by atoms with E-state index in [2.05, 4.69) is 4.74 Å². The van der Waals surface area contributed by atoms with Crippen LogP contribution in [0.25, 0.3) is 0 Å². The first-order valence-corrected chi connectivity index (χ1v) is 7.95. The van der Waals surface area contributed by atoms with E-state index in [9.17, 15) is 13.2 Å². The Balaban J connectivity index is 3.16. The van der Waals surface area contributed by atoms with Gasteiger partial charge in [0.25, 0.3) is 0 Å². The predicted octanol–water partition coefficient (Wildman–Crippen LogP) is 1.79. The molecule has 0 aliphatic heterocycles. The van der Waals surface area contributed by atoms with E-state index in [-0.39, 0.29) is 35.0 Å². The molecule has 0 saturated heterocycles. The largest absolute Gasteiger partial charge is 0.469 e. The van der Waals surface area contributed by atoms with Crippen molar-refractivity contribution < 1.29 is 17.9 Å². The van der Waals surface area contributed by atoms with E-state index in [0.717, 1.165) is 4.31 Å². The van der Waals surface area contributed by atoms with E-state index >= 15 is 0 Å². The van der Waals surface area contributed by atoms with Crippen molar-refractivity contribution in [2.75, 3.05) is 20.2 Å². The summed E-state index contributed by atoms with van der Waals surface area (Å²) < 4.78 is 30.7. The normalized spacial score (nSPS) is 11.2. The van der Waals surface area contributed by atoms with Gasteiger partial charge in [0.1, 0.15) is 11.0 Å². The molecule has 0 amide bonds. The van der Waals surface area contributed by atoms with Crippen LogP contribution in [0.3, 0.4) is 0 Å². The van der Waals surface area contributed by atoms with Crippen molar-refractivity contribution in [1.82, 2.24) is 4.31 Å². The molecule has 8 heteroatoms. The zero-order chi connectivity index (χ0) is 16.0. The molecule has 1 aromatic carbocycles. The van der Waals surface area contributed by atoms with Crippen LogP contribution in [0, 0.1) is 11.3 Å². The Bertz CT molecular complexity index is 667. The molecule has 0 saturated carbocycles. The molecule has 0 spiro atoms. The van der Waals surface area contributed by atoms with Gasteiger partial charge in [-0.15, -0.1) is 0 Å². The second-order valence-corrected chi connectivity index (χ2v) is 6.42. The maximum absolute atomic E-state index is 12.6. The van der Waals surface area contributed by atoms with Gasteiger partial charge in [-0.1, -0.05) is 18.5 Å². The summed E-state index contributed by atoms with van der Waals surface area (Å²) in [6.07, 6.45) is -0.0635. The van der Waals surface area contributed by atoms with Crippen molar-refractivity contribution >= 4 is 27.6 Å². The molecule has 0 unspecified atom stereocenters. The Kier molecular flexibility index (Phi) is 6.15. The number of halogens is 1. The third-order valence-corrected chi connectivity index (χ3v) is 5.08. The van der Waals surface area contributed by atoms with Crippen LogP contribution in [0.15, 0.2) is 23.1 Å².